The number of hydrogen-bond acceptors (Lipinski definition) is 9. The number of hydrogen-bond donors (Lipinski definition) is 1. The smallest absolute Gasteiger partial charge is 0.361 e. The second-order valence-electron chi connectivity index (χ2n) is 8.16. The summed E-state index contributed by atoms with van der Waals surface area (Å²) in [5, 5.41) is 9.91. The van der Waals surface area contributed by atoms with Crippen molar-refractivity contribution < 1.29 is 22.4 Å². The fraction of sp³-hybridized carbons (Fsp3) is 0.308. The topological polar surface area (TPSA) is 121 Å². The zero-order valence-corrected chi connectivity index (χ0v) is 21.2. The highest BCUT2D eigenvalue weighted by Crippen LogP contribution is 2.34. The van der Waals surface area contributed by atoms with Crippen LogP contribution < -0.4 is 21.1 Å². The van der Waals surface area contributed by atoms with Gasteiger partial charge in [-0.3, -0.25) is 0 Å². The van der Waals surface area contributed by atoms with Gasteiger partial charge in [-0.25, -0.2) is 18.0 Å². The van der Waals surface area contributed by atoms with Crippen LogP contribution in [0.5, 0.6) is 0 Å². The largest absolute Gasteiger partial charge is 0.422 e. The Kier molecular flexibility index (Phi) is 7.18. The molecular formula is C26H28N2O7S. The number of sulfone groups is 1. The average Bonchev–Trinajstić information content (AvgIpc) is 2.87. The van der Waals surface area contributed by atoms with E-state index in [1.54, 1.807) is 55.1 Å². The van der Waals surface area contributed by atoms with Crippen molar-refractivity contribution in [3.63, 3.8) is 0 Å². The fourth-order valence-electron chi connectivity index (χ4n) is 4.36. The summed E-state index contributed by atoms with van der Waals surface area (Å²) in [6.07, 6.45) is 0. The van der Waals surface area contributed by atoms with Crippen molar-refractivity contribution in [1.29, 1.82) is 0 Å². The van der Waals surface area contributed by atoms with Crippen LogP contribution in [-0.4, -0.2) is 46.3 Å². The second kappa shape index (κ2) is 10.2. The molecule has 190 valence electrons. The Bertz CT molecular complexity index is 1640. The van der Waals surface area contributed by atoms with Gasteiger partial charge in [0.2, 0.25) is 9.84 Å². The molecule has 0 amide bonds. The lowest BCUT2D eigenvalue weighted by Gasteiger charge is -2.23. The van der Waals surface area contributed by atoms with Crippen LogP contribution in [-0.2, 0) is 9.84 Å². The third-order valence-corrected chi connectivity index (χ3v) is 8.00. The van der Waals surface area contributed by atoms with Crippen molar-refractivity contribution >= 4 is 43.2 Å². The summed E-state index contributed by atoms with van der Waals surface area (Å²) in [4.78, 5) is 28.7. The van der Waals surface area contributed by atoms with Crippen molar-refractivity contribution in [1.82, 2.24) is 0 Å². The molecule has 36 heavy (non-hydrogen) atoms. The molecule has 0 saturated heterocycles. The third-order valence-electron chi connectivity index (χ3n) is 6.19. The van der Waals surface area contributed by atoms with Gasteiger partial charge in [-0.2, -0.15) is 0 Å². The van der Waals surface area contributed by atoms with Gasteiger partial charge in [0.05, 0.1) is 6.61 Å². The Morgan fingerprint density at radius 2 is 1.50 bits per heavy atom. The molecule has 4 rings (SSSR count). The van der Waals surface area contributed by atoms with Crippen LogP contribution in [0.2, 0.25) is 0 Å². The van der Waals surface area contributed by atoms with E-state index in [1.807, 2.05) is 11.8 Å². The van der Waals surface area contributed by atoms with Gasteiger partial charge in [0.15, 0.2) is 4.90 Å². The van der Waals surface area contributed by atoms with Gasteiger partial charge in [0, 0.05) is 48.7 Å². The molecule has 0 fully saturated rings. The molecular weight excluding hydrogens is 484 g/mol. The molecule has 2 heterocycles. The number of para-hydroxylation sites is 1. The highest BCUT2D eigenvalue weighted by atomic mass is 32.2. The van der Waals surface area contributed by atoms with Crippen molar-refractivity contribution in [2.45, 2.75) is 30.6 Å². The number of fused-ring (bicyclic) bond motifs is 2. The number of nitrogens with zero attached hydrogens (tertiary/aromatic N) is 2. The Morgan fingerprint density at radius 1 is 0.833 bits per heavy atom. The highest BCUT2D eigenvalue weighted by molar-refractivity contribution is 7.92. The number of rotatable bonds is 9. The number of benzene rings is 2. The molecule has 2 aromatic heterocycles. The van der Waals surface area contributed by atoms with E-state index in [-0.39, 0.29) is 33.7 Å². The lowest BCUT2D eigenvalue weighted by molar-refractivity contribution is 0.302. The molecule has 0 aliphatic carbocycles. The number of aliphatic hydroxyl groups excluding tert-OH is 1. The van der Waals surface area contributed by atoms with Crippen LogP contribution in [0, 0.1) is 0 Å². The van der Waals surface area contributed by atoms with Crippen LogP contribution in [0.3, 0.4) is 0 Å². The first-order valence-electron chi connectivity index (χ1n) is 11.8. The lowest BCUT2D eigenvalue weighted by atomic mass is 10.2. The molecule has 10 heteroatoms. The second-order valence-corrected chi connectivity index (χ2v) is 10.0. The molecule has 9 nitrogen and oxygen atoms in total. The van der Waals surface area contributed by atoms with E-state index in [0.717, 1.165) is 5.69 Å². The first kappa shape index (κ1) is 25.5. The van der Waals surface area contributed by atoms with E-state index in [9.17, 15) is 23.1 Å². The molecule has 4 aromatic rings. The van der Waals surface area contributed by atoms with Crippen molar-refractivity contribution in [2.24, 2.45) is 0 Å². The normalized spacial score (nSPS) is 11.8. The zero-order valence-electron chi connectivity index (χ0n) is 20.4. The predicted molar refractivity (Wildman–Crippen MR) is 139 cm³/mol. The summed E-state index contributed by atoms with van der Waals surface area (Å²) in [7, 11) is -4.50. The van der Waals surface area contributed by atoms with Gasteiger partial charge in [0.25, 0.3) is 0 Å². The maximum absolute atomic E-state index is 14.0. The van der Waals surface area contributed by atoms with Gasteiger partial charge in [-0.1, -0.05) is 12.1 Å². The molecule has 1 N–H and O–H groups in total. The highest BCUT2D eigenvalue weighted by Gasteiger charge is 2.32. The van der Waals surface area contributed by atoms with Crippen molar-refractivity contribution in [2.75, 3.05) is 42.6 Å². The summed E-state index contributed by atoms with van der Waals surface area (Å²) in [6, 6.07) is 12.7. The van der Waals surface area contributed by atoms with Crippen LogP contribution in [0.15, 0.2) is 76.7 Å². The summed E-state index contributed by atoms with van der Waals surface area (Å²) in [5.74, 6) is 0. The van der Waals surface area contributed by atoms with Gasteiger partial charge in [0.1, 0.15) is 21.7 Å². The van der Waals surface area contributed by atoms with E-state index in [1.165, 1.54) is 12.1 Å². The monoisotopic (exact) mass is 512 g/mol. The van der Waals surface area contributed by atoms with E-state index < -0.39 is 26.0 Å². The minimum atomic E-state index is -4.50. The fourth-order valence-corrected chi connectivity index (χ4v) is 6.05. The van der Waals surface area contributed by atoms with Gasteiger partial charge in [-0.15, -0.1) is 0 Å². The zero-order chi connectivity index (χ0) is 26.0. The Morgan fingerprint density at radius 3 is 2.17 bits per heavy atom. The SMILES string of the molecule is CCN(CCO)c1ccc2cc(S(=O)(=O)c3c(N(CC)CC)c(=O)oc4ccccc34)c(=O)oc2c1. The molecule has 0 atom stereocenters. The maximum Gasteiger partial charge on any atom is 0.361 e. The summed E-state index contributed by atoms with van der Waals surface area (Å²) >= 11 is 0. The molecule has 0 bridgehead atoms. The predicted octanol–water partition coefficient (Wildman–Crippen LogP) is 3.40. The summed E-state index contributed by atoms with van der Waals surface area (Å²) in [6.45, 7) is 7.23. The van der Waals surface area contributed by atoms with E-state index in [2.05, 4.69) is 0 Å². The number of likely N-dealkylation sites (N-methyl/N-ethyl adjacent to an activating group) is 1. The Hall–Kier alpha value is -3.63. The minimum Gasteiger partial charge on any atom is -0.422 e. The molecule has 0 spiro atoms. The maximum atomic E-state index is 14.0. The molecule has 0 saturated carbocycles. The van der Waals surface area contributed by atoms with E-state index in [4.69, 9.17) is 8.83 Å². The van der Waals surface area contributed by atoms with Crippen LogP contribution >= 0.6 is 0 Å². The molecule has 2 aromatic carbocycles. The van der Waals surface area contributed by atoms with Gasteiger partial charge < -0.3 is 23.7 Å². The van der Waals surface area contributed by atoms with Crippen molar-refractivity contribution in [3.05, 3.63) is 69.4 Å². The van der Waals surface area contributed by atoms with E-state index in [0.29, 0.717) is 31.6 Å². The van der Waals surface area contributed by atoms with Gasteiger partial charge >= 0.3 is 11.3 Å². The van der Waals surface area contributed by atoms with E-state index >= 15 is 0 Å². The molecule has 0 radical (unpaired) electrons. The van der Waals surface area contributed by atoms with Crippen LogP contribution in [0.4, 0.5) is 11.4 Å². The Labute approximate surface area is 208 Å². The van der Waals surface area contributed by atoms with Crippen LogP contribution in [0.25, 0.3) is 21.9 Å². The number of anilines is 2. The molecule has 0 unspecified atom stereocenters. The minimum absolute atomic E-state index is 0.0408. The summed E-state index contributed by atoms with van der Waals surface area (Å²) < 4.78 is 39.0. The lowest BCUT2D eigenvalue weighted by Crippen LogP contribution is -2.30. The standard InChI is InChI=1S/C26H28N2O7S/c1-4-27(5-2)23-24(19-9-7-8-10-20(19)34-26(23)31)36(32,33)22-15-17-11-12-18(28(6-3)13-14-29)16-21(17)35-25(22)30/h7-12,15-16,29H,4-6,13-14H2,1-3H3. The molecule has 0 aliphatic rings. The number of aliphatic hydroxyl groups is 1. The average molecular weight is 513 g/mol. The first-order chi connectivity index (χ1) is 17.3. The van der Waals surface area contributed by atoms with Crippen molar-refractivity contribution in [3.8, 4) is 0 Å². The van der Waals surface area contributed by atoms with Gasteiger partial charge in [-0.05, 0) is 51.1 Å². The third kappa shape index (κ3) is 4.38. The van der Waals surface area contributed by atoms with Crippen LogP contribution in [0.1, 0.15) is 20.8 Å². The first-order valence-corrected chi connectivity index (χ1v) is 13.2. The summed E-state index contributed by atoms with van der Waals surface area (Å²) in [5.41, 5.74) is -0.893. The quantitative estimate of drug-likeness (QED) is 0.336. The molecule has 0 aliphatic heterocycles. The Balaban J connectivity index is 1.99.